The fraction of sp³-hybridized carbons (Fsp3) is 0.800. The van der Waals surface area contributed by atoms with Crippen LogP contribution in [0, 0.1) is 35.5 Å². The van der Waals surface area contributed by atoms with Crippen LogP contribution in [0.3, 0.4) is 0 Å². The summed E-state index contributed by atoms with van der Waals surface area (Å²) in [5.41, 5.74) is 0.894. The summed E-state index contributed by atoms with van der Waals surface area (Å²) in [6, 6.07) is 9.87. The van der Waals surface area contributed by atoms with Crippen LogP contribution in [0.15, 0.2) is 30.3 Å². The van der Waals surface area contributed by atoms with Crippen molar-refractivity contribution in [2.45, 2.75) is 116 Å². The molecule has 174 valence electrons. The average molecular weight is 427 g/mol. The van der Waals surface area contributed by atoms with Crippen molar-refractivity contribution in [3.8, 4) is 0 Å². The van der Waals surface area contributed by atoms with E-state index in [1.54, 1.807) is 0 Å². The molecule has 0 bridgehead atoms. The van der Waals surface area contributed by atoms with Crippen LogP contribution in [0.4, 0.5) is 4.39 Å². The van der Waals surface area contributed by atoms with Gasteiger partial charge in [0.25, 0.3) is 0 Å². The summed E-state index contributed by atoms with van der Waals surface area (Å²) >= 11 is 0. The minimum absolute atomic E-state index is 0.252. The van der Waals surface area contributed by atoms with Crippen LogP contribution in [0.1, 0.15) is 121 Å². The highest BCUT2D eigenvalue weighted by molar-refractivity contribution is 5.18. The number of hydrogen-bond acceptors (Lipinski definition) is 0. The van der Waals surface area contributed by atoms with E-state index < -0.39 is 6.17 Å². The van der Waals surface area contributed by atoms with E-state index in [4.69, 9.17) is 0 Å². The van der Waals surface area contributed by atoms with Gasteiger partial charge in [-0.1, -0.05) is 101 Å². The largest absolute Gasteiger partial charge is 0.242 e. The van der Waals surface area contributed by atoms with Gasteiger partial charge in [0, 0.05) is 0 Å². The molecular formula is C30H47F. The first kappa shape index (κ1) is 23.3. The second-order valence-corrected chi connectivity index (χ2v) is 11.5. The smallest absolute Gasteiger partial charge is 0.128 e. The molecule has 0 heterocycles. The van der Waals surface area contributed by atoms with Crippen LogP contribution in [0.2, 0.25) is 0 Å². The Bertz CT molecular complexity index is 601. The van der Waals surface area contributed by atoms with E-state index in [-0.39, 0.29) is 5.92 Å². The molecule has 4 rings (SSSR count). The highest BCUT2D eigenvalue weighted by Gasteiger charge is 2.34. The molecule has 0 radical (unpaired) electrons. The fourth-order valence-electron chi connectivity index (χ4n) is 7.45. The van der Waals surface area contributed by atoms with Crippen LogP contribution < -0.4 is 0 Å². The first-order chi connectivity index (χ1) is 15.2. The minimum Gasteiger partial charge on any atom is -0.242 e. The van der Waals surface area contributed by atoms with Crippen LogP contribution in [-0.2, 0) is 0 Å². The predicted molar refractivity (Wildman–Crippen MR) is 131 cm³/mol. The number of benzene rings is 1. The maximum Gasteiger partial charge on any atom is 0.128 e. The Morgan fingerprint density at radius 3 is 1.61 bits per heavy atom. The second-order valence-electron chi connectivity index (χ2n) is 11.5. The molecule has 0 saturated heterocycles. The second kappa shape index (κ2) is 11.9. The van der Waals surface area contributed by atoms with Crippen molar-refractivity contribution in [2.75, 3.05) is 0 Å². The molecule has 0 aromatic heterocycles. The fourth-order valence-corrected chi connectivity index (χ4v) is 7.45. The lowest BCUT2D eigenvalue weighted by Gasteiger charge is -2.39. The van der Waals surface area contributed by atoms with E-state index in [0.29, 0.717) is 0 Å². The van der Waals surface area contributed by atoms with Gasteiger partial charge in [0.1, 0.15) is 6.17 Å². The van der Waals surface area contributed by atoms with Gasteiger partial charge < -0.3 is 0 Å². The van der Waals surface area contributed by atoms with Gasteiger partial charge >= 0.3 is 0 Å². The van der Waals surface area contributed by atoms with Crippen molar-refractivity contribution in [3.05, 3.63) is 35.9 Å². The summed E-state index contributed by atoms with van der Waals surface area (Å²) in [6.45, 7) is 2.34. The van der Waals surface area contributed by atoms with E-state index in [1.165, 1.54) is 89.9 Å². The van der Waals surface area contributed by atoms with E-state index in [2.05, 4.69) is 6.92 Å². The van der Waals surface area contributed by atoms with E-state index in [9.17, 15) is 4.39 Å². The highest BCUT2D eigenvalue weighted by atomic mass is 19.1. The molecule has 0 spiro atoms. The molecule has 0 nitrogen and oxygen atoms in total. The highest BCUT2D eigenvalue weighted by Crippen LogP contribution is 2.46. The van der Waals surface area contributed by atoms with Crippen LogP contribution in [0.5, 0.6) is 0 Å². The lowest BCUT2D eigenvalue weighted by Crippen LogP contribution is -2.27. The number of alkyl halides is 1. The van der Waals surface area contributed by atoms with Crippen molar-refractivity contribution in [1.82, 2.24) is 0 Å². The van der Waals surface area contributed by atoms with Gasteiger partial charge in [-0.25, -0.2) is 4.39 Å². The van der Waals surface area contributed by atoms with Gasteiger partial charge in [-0.2, -0.15) is 0 Å². The third-order valence-corrected chi connectivity index (χ3v) is 9.55. The van der Waals surface area contributed by atoms with E-state index in [1.807, 2.05) is 30.3 Å². The first-order valence-corrected chi connectivity index (χ1v) is 13.9. The van der Waals surface area contributed by atoms with Crippen LogP contribution in [0.25, 0.3) is 0 Å². The van der Waals surface area contributed by atoms with Gasteiger partial charge in [-0.15, -0.1) is 0 Å². The van der Waals surface area contributed by atoms with Gasteiger partial charge in [0.15, 0.2) is 0 Å². The number of hydrogen-bond donors (Lipinski definition) is 0. The molecule has 31 heavy (non-hydrogen) atoms. The standard InChI is InChI=1S/C30H47F/c1-2-6-23-9-11-24(12-10-23)13-14-25-15-17-26(18-16-25)27-19-21-29(22-20-27)30(31)28-7-4-3-5-8-28/h3-5,7-8,23-27,29-30H,2,6,9-22H2,1H3. The summed E-state index contributed by atoms with van der Waals surface area (Å²) in [5, 5.41) is 0. The van der Waals surface area contributed by atoms with Gasteiger partial charge in [-0.05, 0) is 79.6 Å². The summed E-state index contributed by atoms with van der Waals surface area (Å²) in [5.74, 6) is 5.17. The van der Waals surface area contributed by atoms with Crippen LogP contribution in [-0.4, -0.2) is 0 Å². The summed E-state index contributed by atoms with van der Waals surface area (Å²) in [4.78, 5) is 0. The first-order valence-electron chi connectivity index (χ1n) is 13.9. The Hall–Kier alpha value is -0.850. The quantitative estimate of drug-likeness (QED) is 0.388. The molecule has 3 aliphatic carbocycles. The third kappa shape index (κ3) is 6.58. The lowest BCUT2D eigenvalue weighted by molar-refractivity contribution is 0.105. The summed E-state index contributed by atoms with van der Waals surface area (Å²) < 4.78 is 14.9. The molecule has 1 aromatic rings. The predicted octanol–water partition coefficient (Wildman–Crippen LogP) is 9.70. The summed E-state index contributed by atoms with van der Waals surface area (Å²) in [6.07, 6.45) is 21.8. The van der Waals surface area contributed by atoms with Crippen molar-refractivity contribution < 1.29 is 4.39 Å². The molecule has 1 unspecified atom stereocenters. The Morgan fingerprint density at radius 1 is 0.645 bits per heavy atom. The normalized spacial score (nSPS) is 35.5. The number of halogens is 1. The molecule has 1 heteroatoms. The maximum atomic E-state index is 14.9. The Morgan fingerprint density at radius 2 is 1.10 bits per heavy atom. The van der Waals surface area contributed by atoms with Gasteiger partial charge in [-0.3, -0.25) is 0 Å². The molecule has 3 aliphatic rings. The average Bonchev–Trinajstić information content (AvgIpc) is 2.84. The molecule has 0 amide bonds. The van der Waals surface area contributed by atoms with Gasteiger partial charge in [0.05, 0.1) is 0 Å². The Kier molecular flexibility index (Phi) is 8.91. The molecule has 3 saturated carbocycles. The minimum atomic E-state index is -0.755. The Balaban J connectivity index is 1.12. The van der Waals surface area contributed by atoms with E-state index >= 15 is 0 Å². The van der Waals surface area contributed by atoms with Crippen molar-refractivity contribution in [2.24, 2.45) is 35.5 Å². The van der Waals surface area contributed by atoms with E-state index in [0.717, 1.165) is 48.0 Å². The third-order valence-electron chi connectivity index (χ3n) is 9.55. The lowest BCUT2D eigenvalue weighted by atomic mass is 9.67. The molecule has 3 fully saturated rings. The number of rotatable bonds is 8. The monoisotopic (exact) mass is 426 g/mol. The topological polar surface area (TPSA) is 0 Å². The Labute approximate surface area is 191 Å². The zero-order valence-electron chi connectivity index (χ0n) is 20.1. The maximum absolute atomic E-state index is 14.9. The molecule has 0 aliphatic heterocycles. The van der Waals surface area contributed by atoms with Crippen molar-refractivity contribution in [3.63, 3.8) is 0 Å². The zero-order chi connectivity index (χ0) is 21.5. The molecule has 0 N–H and O–H groups in total. The molecule has 1 atom stereocenters. The van der Waals surface area contributed by atoms with Crippen molar-refractivity contribution in [1.29, 1.82) is 0 Å². The summed E-state index contributed by atoms with van der Waals surface area (Å²) in [7, 11) is 0. The zero-order valence-corrected chi connectivity index (χ0v) is 20.1. The van der Waals surface area contributed by atoms with Crippen LogP contribution >= 0.6 is 0 Å². The van der Waals surface area contributed by atoms with Crippen molar-refractivity contribution >= 4 is 0 Å². The van der Waals surface area contributed by atoms with Gasteiger partial charge in [0.2, 0.25) is 0 Å². The molecule has 1 aromatic carbocycles. The molecular weight excluding hydrogens is 379 g/mol. The SMILES string of the molecule is CCCC1CCC(CCC2CCC(C3CCC(C(F)c4ccccc4)CC3)CC2)CC1.